The molecule has 0 saturated carbocycles. The lowest BCUT2D eigenvalue weighted by atomic mass is 9.97. The summed E-state index contributed by atoms with van der Waals surface area (Å²) in [5.74, 6) is 0.758. The van der Waals surface area contributed by atoms with Gasteiger partial charge in [-0.1, -0.05) is 46.3 Å². The van der Waals surface area contributed by atoms with E-state index in [9.17, 15) is 0 Å². The van der Waals surface area contributed by atoms with Crippen LogP contribution in [0.25, 0.3) is 0 Å². The van der Waals surface area contributed by atoms with Crippen LogP contribution in [0, 0.1) is 5.92 Å². The molecule has 1 rings (SSSR count). The van der Waals surface area contributed by atoms with Crippen molar-refractivity contribution >= 4 is 0 Å². The van der Waals surface area contributed by atoms with Gasteiger partial charge in [-0.3, -0.25) is 4.90 Å². The minimum atomic E-state index is 0.758. The first-order valence-electron chi connectivity index (χ1n) is 5.65. The molecule has 0 atom stereocenters. The van der Waals surface area contributed by atoms with Crippen molar-refractivity contribution in [1.82, 2.24) is 4.90 Å². The van der Waals surface area contributed by atoms with Crippen LogP contribution in [0.15, 0.2) is 11.6 Å². The molecule has 0 aromatic heterocycles. The molecule has 1 heteroatoms. The normalized spacial score (nSPS) is 17.8. The first kappa shape index (κ1) is 12.7. The van der Waals surface area contributed by atoms with Gasteiger partial charge in [-0.2, -0.15) is 0 Å². The number of nitrogens with zero attached hydrogens (tertiary/aromatic N) is 1. The van der Waals surface area contributed by atoms with Gasteiger partial charge in [0.05, 0.1) is 0 Å². The predicted octanol–water partition coefficient (Wildman–Crippen LogP) is 3.32. The molecule has 0 N–H and O–H groups in total. The van der Waals surface area contributed by atoms with Gasteiger partial charge in [0.2, 0.25) is 0 Å². The number of hydrogen-bond acceptors (Lipinski definition) is 1. The molecule has 0 fully saturated rings. The van der Waals surface area contributed by atoms with E-state index in [4.69, 9.17) is 0 Å². The van der Waals surface area contributed by atoms with Crippen LogP contribution in [-0.4, -0.2) is 24.5 Å². The Kier molecular flexibility index (Phi) is 6.97. The van der Waals surface area contributed by atoms with Crippen molar-refractivity contribution in [2.75, 3.05) is 19.6 Å². The van der Waals surface area contributed by atoms with E-state index >= 15 is 0 Å². The minimum absolute atomic E-state index is 0.758. The van der Waals surface area contributed by atoms with E-state index in [1.165, 1.54) is 26.1 Å². The van der Waals surface area contributed by atoms with Crippen molar-refractivity contribution in [2.24, 2.45) is 5.92 Å². The molecular formula is C12H25N. The SMILES string of the molecule is CC.CCN1CC=C(C(C)C)CC1. The summed E-state index contributed by atoms with van der Waals surface area (Å²) in [6.07, 6.45) is 3.68. The maximum Gasteiger partial charge on any atom is 0.0165 e. The number of hydrogen-bond donors (Lipinski definition) is 0. The second kappa shape index (κ2) is 7.14. The Morgan fingerprint density at radius 3 is 2.31 bits per heavy atom. The zero-order valence-electron chi connectivity index (χ0n) is 9.93. The molecule has 0 amide bonds. The zero-order chi connectivity index (χ0) is 10.3. The van der Waals surface area contributed by atoms with E-state index in [2.05, 4.69) is 31.7 Å². The van der Waals surface area contributed by atoms with Gasteiger partial charge in [-0.25, -0.2) is 0 Å². The highest BCUT2D eigenvalue weighted by Gasteiger charge is 2.11. The molecule has 0 saturated heterocycles. The predicted molar refractivity (Wildman–Crippen MR) is 61.0 cm³/mol. The van der Waals surface area contributed by atoms with Crippen molar-refractivity contribution in [3.63, 3.8) is 0 Å². The highest BCUT2D eigenvalue weighted by molar-refractivity contribution is 5.09. The third kappa shape index (κ3) is 4.47. The van der Waals surface area contributed by atoms with Crippen molar-refractivity contribution in [3.8, 4) is 0 Å². The van der Waals surface area contributed by atoms with Gasteiger partial charge in [0.15, 0.2) is 0 Å². The Labute approximate surface area is 83.8 Å². The molecule has 1 heterocycles. The molecule has 1 aliphatic rings. The molecule has 0 aromatic carbocycles. The van der Waals surface area contributed by atoms with Crippen LogP contribution in [0.4, 0.5) is 0 Å². The summed E-state index contributed by atoms with van der Waals surface area (Å²) < 4.78 is 0. The molecule has 1 nitrogen and oxygen atoms in total. The van der Waals surface area contributed by atoms with E-state index < -0.39 is 0 Å². The van der Waals surface area contributed by atoms with Gasteiger partial charge in [0, 0.05) is 13.1 Å². The van der Waals surface area contributed by atoms with Crippen molar-refractivity contribution in [2.45, 2.75) is 41.0 Å². The van der Waals surface area contributed by atoms with Crippen LogP contribution in [0.1, 0.15) is 41.0 Å². The third-order valence-electron chi connectivity index (χ3n) is 2.52. The second-order valence-corrected chi connectivity index (χ2v) is 3.58. The monoisotopic (exact) mass is 183 g/mol. The molecule has 0 spiro atoms. The fourth-order valence-corrected chi connectivity index (χ4v) is 1.54. The summed E-state index contributed by atoms with van der Waals surface area (Å²) >= 11 is 0. The van der Waals surface area contributed by atoms with Gasteiger partial charge in [-0.05, 0) is 18.9 Å². The number of likely N-dealkylation sites (N-methyl/N-ethyl adjacent to an activating group) is 1. The van der Waals surface area contributed by atoms with Crippen molar-refractivity contribution < 1.29 is 0 Å². The Bertz CT molecular complexity index is 147. The van der Waals surface area contributed by atoms with E-state index in [0.29, 0.717) is 0 Å². The van der Waals surface area contributed by atoms with E-state index in [-0.39, 0.29) is 0 Å². The maximum absolute atomic E-state index is 2.48. The molecule has 0 aromatic rings. The van der Waals surface area contributed by atoms with Crippen LogP contribution in [0.5, 0.6) is 0 Å². The van der Waals surface area contributed by atoms with Crippen LogP contribution in [0.3, 0.4) is 0 Å². The maximum atomic E-state index is 2.48. The average molecular weight is 183 g/mol. The van der Waals surface area contributed by atoms with Crippen molar-refractivity contribution in [1.29, 1.82) is 0 Å². The minimum Gasteiger partial charge on any atom is -0.300 e. The second-order valence-electron chi connectivity index (χ2n) is 3.58. The molecule has 0 radical (unpaired) electrons. The Balaban J connectivity index is 0.000000671. The largest absolute Gasteiger partial charge is 0.300 e. The molecule has 78 valence electrons. The van der Waals surface area contributed by atoms with Crippen LogP contribution >= 0.6 is 0 Å². The fourth-order valence-electron chi connectivity index (χ4n) is 1.54. The quantitative estimate of drug-likeness (QED) is 0.594. The highest BCUT2D eigenvalue weighted by atomic mass is 15.1. The highest BCUT2D eigenvalue weighted by Crippen LogP contribution is 2.17. The molecule has 13 heavy (non-hydrogen) atoms. The Morgan fingerprint density at radius 1 is 1.38 bits per heavy atom. The van der Waals surface area contributed by atoms with Gasteiger partial charge in [0.25, 0.3) is 0 Å². The molecule has 0 unspecified atom stereocenters. The lowest BCUT2D eigenvalue weighted by Crippen LogP contribution is -2.29. The van der Waals surface area contributed by atoms with E-state index in [0.717, 1.165) is 5.92 Å². The summed E-state index contributed by atoms with van der Waals surface area (Å²) in [4.78, 5) is 2.48. The van der Waals surface area contributed by atoms with Crippen molar-refractivity contribution in [3.05, 3.63) is 11.6 Å². The number of rotatable bonds is 2. The van der Waals surface area contributed by atoms with Gasteiger partial charge in [-0.15, -0.1) is 0 Å². The summed E-state index contributed by atoms with van der Waals surface area (Å²) in [7, 11) is 0. The lowest BCUT2D eigenvalue weighted by molar-refractivity contribution is 0.304. The summed E-state index contributed by atoms with van der Waals surface area (Å²) in [6, 6.07) is 0. The van der Waals surface area contributed by atoms with Gasteiger partial charge < -0.3 is 0 Å². The summed E-state index contributed by atoms with van der Waals surface area (Å²) in [5.41, 5.74) is 1.65. The zero-order valence-corrected chi connectivity index (χ0v) is 9.93. The molecule has 1 aliphatic heterocycles. The molecular weight excluding hydrogens is 158 g/mol. The Morgan fingerprint density at radius 2 is 2.00 bits per heavy atom. The first-order valence-corrected chi connectivity index (χ1v) is 5.65. The Hall–Kier alpha value is -0.300. The van der Waals surface area contributed by atoms with E-state index in [1.807, 2.05) is 13.8 Å². The lowest BCUT2D eigenvalue weighted by Gasteiger charge is -2.26. The third-order valence-corrected chi connectivity index (χ3v) is 2.52. The smallest absolute Gasteiger partial charge is 0.0165 e. The molecule has 0 bridgehead atoms. The van der Waals surface area contributed by atoms with Gasteiger partial charge >= 0.3 is 0 Å². The topological polar surface area (TPSA) is 3.24 Å². The first-order chi connectivity index (χ1) is 6.24. The van der Waals surface area contributed by atoms with Crippen LogP contribution in [0.2, 0.25) is 0 Å². The molecule has 0 aliphatic carbocycles. The standard InChI is InChI=1S/C10H19N.C2H6/c1-4-11-7-5-10(6-8-11)9(2)3;1-2/h5,9H,4,6-8H2,1-3H3;1-2H3. The van der Waals surface area contributed by atoms with Crippen LogP contribution < -0.4 is 0 Å². The summed E-state index contributed by atoms with van der Waals surface area (Å²) in [5, 5.41) is 0. The fraction of sp³-hybridized carbons (Fsp3) is 0.833. The average Bonchev–Trinajstić information content (AvgIpc) is 2.21. The van der Waals surface area contributed by atoms with E-state index in [1.54, 1.807) is 5.57 Å². The summed E-state index contributed by atoms with van der Waals surface area (Å²) in [6.45, 7) is 14.4. The van der Waals surface area contributed by atoms with Gasteiger partial charge in [0.1, 0.15) is 0 Å². The van der Waals surface area contributed by atoms with Crippen LogP contribution in [-0.2, 0) is 0 Å².